The monoisotopic (exact) mass is 797 g/mol. The van der Waals surface area contributed by atoms with Crippen LogP contribution in [0.2, 0.25) is 0 Å². The average Bonchev–Trinajstić information content (AvgIpc) is 3.15. The molecule has 2 aromatic rings. The first-order valence-corrected chi connectivity index (χ1v) is 18.6. The van der Waals surface area contributed by atoms with Crippen LogP contribution in [0.25, 0.3) is 0 Å². The van der Waals surface area contributed by atoms with E-state index in [2.05, 4.69) is 31.9 Å². The summed E-state index contributed by atoms with van der Waals surface area (Å²) in [7, 11) is 0. The minimum atomic E-state index is -1.72. The first kappa shape index (κ1) is 47.1. The minimum Gasteiger partial charge on any atom is -0.508 e. The number of carboxylic acids is 1. The molecule has 6 atom stereocenters. The second kappa shape index (κ2) is 23.1. The fourth-order valence-corrected chi connectivity index (χ4v) is 5.42. The molecule has 0 spiro atoms. The van der Waals surface area contributed by atoms with Gasteiger partial charge in [0, 0.05) is 6.42 Å². The fourth-order valence-electron chi connectivity index (χ4n) is 5.42. The van der Waals surface area contributed by atoms with Crippen molar-refractivity contribution in [2.75, 3.05) is 13.2 Å². The molecular weight excluding hydrogens is 742 g/mol. The molecule has 0 unspecified atom stereocenters. The predicted molar refractivity (Wildman–Crippen MR) is 207 cm³/mol. The predicted octanol–water partition coefficient (Wildman–Crippen LogP) is -0.585. The number of amides is 6. The number of rotatable bonds is 22. The molecule has 0 aromatic heterocycles. The zero-order valence-electron chi connectivity index (χ0n) is 33.0. The standard InChI is InChI=1S/C39H55N7O11/c1-7-57-31(50)20-41-38(55)32(21(2)3)46-39(56)33(22(4)5)45-37(54)29(19-30(48)49)44-36(53)28(18-24-11-9-8-10-12-24)43-34(51)23(6)42-35(52)27(40)17-25-13-15-26(47)16-14-25/h8-16,21-23,27-29,32-33,47H,7,17-20,40H2,1-6H3,(H,41,55)(H,42,52)(H,43,51)(H,44,53)(H,45,54)(H,46,56)(H,48,49)/t23-,27+,28+,29+,32+,33+/m1/s1. The van der Waals surface area contributed by atoms with Crippen molar-refractivity contribution in [1.82, 2.24) is 31.9 Å². The zero-order chi connectivity index (χ0) is 42.8. The third-order valence-corrected chi connectivity index (χ3v) is 8.61. The van der Waals surface area contributed by atoms with E-state index < -0.39 is 108 Å². The summed E-state index contributed by atoms with van der Waals surface area (Å²) in [5.74, 6) is -7.97. The molecule has 57 heavy (non-hydrogen) atoms. The molecule has 18 nitrogen and oxygen atoms in total. The highest BCUT2D eigenvalue weighted by molar-refractivity contribution is 5.98. The van der Waals surface area contributed by atoms with Gasteiger partial charge in [0.15, 0.2) is 0 Å². The number of esters is 1. The number of hydrogen-bond acceptors (Lipinski definition) is 11. The summed E-state index contributed by atoms with van der Waals surface area (Å²) in [4.78, 5) is 104. The molecule has 0 saturated carbocycles. The number of aromatic hydroxyl groups is 1. The maximum absolute atomic E-state index is 13.8. The van der Waals surface area contributed by atoms with E-state index in [4.69, 9.17) is 10.5 Å². The Morgan fingerprint density at radius 2 is 1.16 bits per heavy atom. The van der Waals surface area contributed by atoms with Crippen LogP contribution in [0.1, 0.15) is 59.1 Å². The highest BCUT2D eigenvalue weighted by Crippen LogP contribution is 2.12. The van der Waals surface area contributed by atoms with Gasteiger partial charge in [0.2, 0.25) is 35.4 Å². The number of hydrogen-bond donors (Lipinski definition) is 9. The Hall–Kier alpha value is -6.04. The van der Waals surface area contributed by atoms with Crippen molar-refractivity contribution < 1.29 is 53.3 Å². The van der Waals surface area contributed by atoms with Crippen LogP contribution in [-0.2, 0) is 55.9 Å². The van der Waals surface area contributed by atoms with Gasteiger partial charge in [-0.2, -0.15) is 0 Å². The summed E-state index contributed by atoms with van der Waals surface area (Å²) in [6.45, 7) is 9.19. The van der Waals surface area contributed by atoms with Crippen LogP contribution in [0, 0.1) is 11.8 Å². The van der Waals surface area contributed by atoms with Gasteiger partial charge in [-0.15, -0.1) is 0 Å². The van der Waals surface area contributed by atoms with Crippen molar-refractivity contribution in [3.8, 4) is 5.75 Å². The quantitative estimate of drug-likeness (QED) is 0.0677. The Kier molecular flexibility index (Phi) is 19.1. The molecule has 0 aliphatic carbocycles. The summed E-state index contributed by atoms with van der Waals surface area (Å²) in [5.41, 5.74) is 7.32. The van der Waals surface area contributed by atoms with Crippen molar-refractivity contribution in [3.05, 3.63) is 65.7 Å². The van der Waals surface area contributed by atoms with Gasteiger partial charge in [-0.3, -0.25) is 38.4 Å². The fraction of sp³-hybridized carbons (Fsp3) is 0.487. The molecule has 312 valence electrons. The van der Waals surface area contributed by atoms with Crippen LogP contribution in [0.5, 0.6) is 5.75 Å². The largest absolute Gasteiger partial charge is 0.508 e. The third kappa shape index (κ3) is 16.3. The molecule has 2 rings (SSSR count). The lowest BCUT2D eigenvalue weighted by atomic mass is 9.99. The van der Waals surface area contributed by atoms with E-state index in [1.54, 1.807) is 77.1 Å². The normalized spacial score (nSPS) is 14.1. The van der Waals surface area contributed by atoms with E-state index in [1.165, 1.54) is 19.1 Å². The van der Waals surface area contributed by atoms with Crippen molar-refractivity contribution in [1.29, 1.82) is 0 Å². The molecule has 0 fully saturated rings. The Morgan fingerprint density at radius 1 is 0.632 bits per heavy atom. The second-order valence-electron chi connectivity index (χ2n) is 14.1. The summed E-state index contributed by atoms with van der Waals surface area (Å²) in [6.07, 6.45) is -0.879. The number of phenols is 1. The van der Waals surface area contributed by atoms with Crippen LogP contribution in [0.3, 0.4) is 0 Å². The van der Waals surface area contributed by atoms with Crippen LogP contribution < -0.4 is 37.6 Å². The summed E-state index contributed by atoms with van der Waals surface area (Å²) < 4.78 is 4.81. The van der Waals surface area contributed by atoms with Gasteiger partial charge in [0.1, 0.15) is 42.5 Å². The van der Waals surface area contributed by atoms with Crippen molar-refractivity contribution in [3.63, 3.8) is 0 Å². The first-order valence-electron chi connectivity index (χ1n) is 18.6. The van der Waals surface area contributed by atoms with Crippen LogP contribution in [0.15, 0.2) is 54.6 Å². The van der Waals surface area contributed by atoms with E-state index >= 15 is 0 Å². The number of benzene rings is 2. The van der Waals surface area contributed by atoms with Crippen LogP contribution in [-0.4, -0.2) is 107 Å². The Morgan fingerprint density at radius 3 is 1.72 bits per heavy atom. The lowest BCUT2D eigenvalue weighted by Gasteiger charge is -2.29. The molecule has 0 saturated heterocycles. The van der Waals surface area contributed by atoms with Gasteiger partial charge < -0.3 is 52.6 Å². The summed E-state index contributed by atoms with van der Waals surface area (Å²) >= 11 is 0. The van der Waals surface area contributed by atoms with Gasteiger partial charge in [0.05, 0.1) is 19.1 Å². The number of ether oxygens (including phenoxy) is 1. The second-order valence-corrected chi connectivity index (χ2v) is 14.1. The van der Waals surface area contributed by atoms with Gasteiger partial charge in [-0.25, -0.2) is 0 Å². The Balaban J connectivity index is 2.22. The molecular formula is C39H55N7O11. The van der Waals surface area contributed by atoms with Crippen LogP contribution in [0.4, 0.5) is 0 Å². The van der Waals surface area contributed by atoms with Crippen molar-refractivity contribution in [2.45, 2.75) is 97.1 Å². The molecule has 0 heterocycles. The van der Waals surface area contributed by atoms with Crippen molar-refractivity contribution >= 4 is 47.4 Å². The highest BCUT2D eigenvalue weighted by atomic mass is 16.5. The molecule has 0 aliphatic rings. The van der Waals surface area contributed by atoms with Gasteiger partial charge in [-0.1, -0.05) is 70.2 Å². The number of carbonyl (C=O) groups excluding carboxylic acids is 7. The van der Waals surface area contributed by atoms with E-state index in [0.717, 1.165) is 0 Å². The lowest BCUT2D eigenvalue weighted by molar-refractivity contribution is -0.144. The van der Waals surface area contributed by atoms with E-state index in [-0.39, 0.29) is 25.2 Å². The maximum atomic E-state index is 13.8. The molecule has 0 bridgehead atoms. The lowest BCUT2D eigenvalue weighted by Crippen LogP contribution is -2.61. The van der Waals surface area contributed by atoms with Crippen LogP contribution >= 0.6 is 0 Å². The minimum absolute atomic E-state index is 0.0433. The average molecular weight is 798 g/mol. The van der Waals surface area contributed by atoms with E-state index in [1.807, 2.05) is 0 Å². The molecule has 10 N–H and O–H groups in total. The SMILES string of the molecule is CCOC(=O)CNC(=O)[C@@H](NC(=O)[C@@H](NC(=O)[C@H](CC(=O)O)NC(=O)[C@H](Cc1ccccc1)NC(=O)[C@@H](C)NC(=O)[C@@H](N)Cc1ccc(O)cc1)C(C)C)C(C)C. The number of carbonyl (C=O) groups is 8. The summed E-state index contributed by atoms with van der Waals surface area (Å²) in [6, 6.07) is 6.89. The maximum Gasteiger partial charge on any atom is 0.325 e. The molecule has 0 aliphatic heterocycles. The van der Waals surface area contributed by atoms with Gasteiger partial charge in [0.25, 0.3) is 0 Å². The topological polar surface area (TPSA) is 284 Å². The third-order valence-electron chi connectivity index (χ3n) is 8.61. The van der Waals surface area contributed by atoms with E-state index in [9.17, 15) is 48.6 Å². The number of aliphatic carboxylic acids is 1. The molecule has 0 radical (unpaired) electrons. The number of carboxylic acid groups (broad SMARTS) is 1. The highest BCUT2D eigenvalue weighted by Gasteiger charge is 2.35. The number of phenolic OH excluding ortho intramolecular Hbond substituents is 1. The summed E-state index contributed by atoms with van der Waals surface area (Å²) in [5, 5.41) is 34.1. The van der Waals surface area contributed by atoms with Crippen molar-refractivity contribution in [2.24, 2.45) is 17.6 Å². The molecule has 2 aromatic carbocycles. The Labute approximate surface area is 331 Å². The smallest absolute Gasteiger partial charge is 0.325 e. The Bertz CT molecular complexity index is 1700. The van der Waals surface area contributed by atoms with Gasteiger partial charge in [-0.05, 0) is 55.4 Å². The molecule has 18 heteroatoms. The molecule has 6 amide bonds. The number of nitrogens with one attached hydrogen (secondary N) is 6. The first-order chi connectivity index (χ1) is 26.8. The zero-order valence-corrected chi connectivity index (χ0v) is 33.0. The number of nitrogens with two attached hydrogens (primary N) is 1. The van der Waals surface area contributed by atoms with Gasteiger partial charge >= 0.3 is 11.9 Å². The van der Waals surface area contributed by atoms with E-state index in [0.29, 0.717) is 11.1 Å².